The summed E-state index contributed by atoms with van der Waals surface area (Å²) in [5.74, 6) is 0.348. The lowest BCUT2D eigenvalue weighted by molar-refractivity contribution is 0.258. The molecule has 6 heteroatoms. The summed E-state index contributed by atoms with van der Waals surface area (Å²) in [6.07, 6.45) is 0.0719. The fraction of sp³-hybridized carbons (Fsp3) is 0.250. The molecule has 0 aromatic heterocycles. The molecule has 1 aliphatic heterocycles. The highest BCUT2D eigenvalue weighted by atomic mass is 32.2. The van der Waals surface area contributed by atoms with Gasteiger partial charge in [-0.25, -0.2) is 8.42 Å². The van der Waals surface area contributed by atoms with Gasteiger partial charge in [0.05, 0.1) is 12.3 Å². The first-order chi connectivity index (χ1) is 10.6. The molecule has 22 heavy (non-hydrogen) atoms. The summed E-state index contributed by atoms with van der Waals surface area (Å²) in [4.78, 5) is 0.155. The van der Waals surface area contributed by atoms with E-state index in [1.54, 1.807) is 48.5 Å². The van der Waals surface area contributed by atoms with Crippen LogP contribution >= 0.6 is 0 Å². The smallest absolute Gasteiger partial charge is 0.267 e. The molecule has 0 radical (unpaired) electrons. The fourth-order valence-electron chi connectivity index (χ4n) is 2.05. The van der Waals surface area contributed by atoms with E-state index in [2.05, 4.69) is 0 Å². The summed E-state index contributed by atoms with van der Waals surface area (Å²) in [5.41, 5.74) is 0.600. The highest BCUT2D eigenvalue weighted by molar-refractivity contribution is 7.92. The lowest BCUT2D eigenvalue weighted by Gasteiger charge is -2.21. The van der Waals surface area contributed by atoms with Gasteiger partial charge in [-0.05, 0) is 24.3 Å². The Balaban J connectivity index is 1.91. The molecule has 1 atom stereocenters. The second-order valence-corrected chi connectivity index (χ2v) is 6.96. The van der Waals surface area contributed by atoms with Gasteiger partial charge >= 0.3 is 0 Å². The molecule has 0 bridgehead atoms. The lowest BCUT2D eigenvalue weighted by atomic mass is 10.3. The number of benzene rings is 2. The fourth-order valence-corrected chi connectivity index (χ4v) is 3.38. The first-order valence-corrected chi connectivity index (χ1v) is 8.40. The zero-order chi connectivity index (χ0) is 15.6. The van der Waals surface area contributed by atoms with Crippen molar-refractivity contribution in [2.75, 3.05) is 24.6 Å². The van der Waals surface area contributed by atoms with Gasteiger partial charge in [0.1, 0.15) is 23.4 Å². The van der Waals surface area contributed by atoms with E-state index in [9.17, 15) is 8.42 Å². The quantitative estimate of drug-likeness (QED) is 0.767. The van der Waals surface area contributed by atoms with Crippen LogP contribution in [0.2, 0.25) is 0 Å². The van der Waals surface area contributed by atoms with E-state index in [-0.39, 0.29) is 11.0 Å². The largest absolute Gasteiger partial charge is 0.489 e. The number of anilines is 1. The van der Waals surface area contributed by atoms with Gasteiger partial charge in [0.25, 0.3) is 10.0 Å². The van der Waals surface area contributed by atoms with Crippen LogP contribution in [-0.2, 0) is 14.8 Å². The Morgan fingerprint density at radius 1 is 1.14 bits per heavy atom. The number of epoxide rings is 1. The topological polar surface area (TPSA) is 59.1 Å². The van der Waals surface area contributed by atoms with Crippen LogP contribution in [0.5, 0.6) is 5.75 Å². The summed E-state index contributed by atoms with van der Waals surface area (Å²) in [6, 6.07) is 15.6. The molecule has 0 aliphatic carbocycles. The van der Waals surface area contributed by atoms with E-state index in [0.717, 1.165) is 0 Å². The van der Waals surface area contributed by atoms with Gasteiger partial charge in [-0.1, -0.05) is 30.3 Å². The average Bonchev–Trinajstić information content (AvgIpc) is 3.37. The van der Waals surface area contributed by atoms with Crippen molar-refractivity contribution in [3.63, 3.8) is 0 Å². The first kappa shape index (κ1) is 14.9. The number of ether oxygens (including phenoxy) is 2. The zero-order valence-electron chi connectivity index (χ0n) is 12.2. The third-order valence-electron chi connectivity index (χ3n) is 3.43. The van der Waals surface area contributed by atoms with Crippen molar-refractivity contribution in [2.45, 2.75) is 11.0 Å². The average molecular weight is 319 g/mol. The molecule has 2 aromatic rings. The van der Waals surface area contributed by atoms with Gasteiger partial charge in [-0.2, -0.15) is 0 Å². The Morgan fingerprint density at radius 2 is 1.77 bits per heavy atom. The number of sulfonamides is 1. The maximum atomic E-state index is 12.8. The highest BCUT2D eigenvalue weighted by Crippen LogP contribution is 2.29. The van der Waals surface area contributed by atoms with Crippen molar-refractivity contribution in [3.8, 4) is 5.75 Å². The van der Waals surface area contributed by atoms with Crippen LogP contribution in [0.3, 0.4) is 0 Å². The number of hydrogen-bond acceptors (Lipinski definition) is 4. The predicted octanol–water partition coefficient (Wildman–Crippen LogP) is 2.29. The van der Waals surface area contributed by atoms with E-state index in [0.29, 0.717) is 24.7 Å². The van der Waals surface area contributed by atoms with Gasteiger partial charge in [0.2, 0.25) is 0 Å². The Morgan fingerprint density at radius 3 is 2.45 bits per heavy atom. The van der Waals surface area contributed by atoms with Crippen LogP contribution in [0.15, 0.2) is 59.5 Å². The van der Waals surface area contributed by atoms with Crippen LogP contribution in [0.25, 0.3) is 0 Å². The molecule has 1 unspecified atom stereocenters. The predicted molar refractivity (Wildman–Crippen MR) is 83.7 cm³/mol. The minimum Gasteiger partial charge on any atom is -0.489 e. The maximum Gasteiger partial charge on any atom is 0.267 e. The van der Waals surface area contributed by atoms with Crippen molar-refractivity contribution in [1.29, 1.82) is 0 Å². The highest BCUT2D eigenvalue weighted by Gasteiger charge is 2.27. The summed E-state index contributed by atoms with van der Waals surface area (Å²) in [5, 5.41) is 0. The van der Waals surface area contributed by atoms with E-state index in [1.165, 1.54) is 11.4 Å². The number of hydrogen-bond donors (Lipinski definition) is 0. The van der Waals surface area contributed by atoms with Crippen molar-refractivity contribution >= 4 is 15.7 Å². The molecule has 5 nitrogen and oxygen atoms in total. The Bertz CT molecular complexity index is 742. The third-order valence-corrected chi connectivity index (χ3v) is 5.26. The molecular formula is C16H17NO4S. The molecule has 0 spiro atoms. The number of nitrogens with zero attached hydrogens (tertiary/aromatic N) is 1. The summed E-state index contributed by atoms with van der Waals surface area (Å²) in [6.45, 7) is 1.03. The van der Waals surface area contributed by atoms with E-state index in [4.69, 9.17) is 9.47 Å². The zero-order valence-corrected chi connectivity index (χ0v) is 13.0. The summed E-state index contributed by atoms with van der Waals surface area (Å²) in [7, 11) is -2.15. The first-order valence-electron chi connectivity index (χ1n) is 6.96. The molecule has 1 saturated heterocycles. The minimum absolute atomic E-state index is 0.0719. The number of rotatable bonds is 6. The molecule has 2 aromatic carbocycles. The van der Waals surface area contributed by atoms with Crippen LogP contribution in [0.4, 0.5) is 5.69 Å². The maximum absolute atomic E-state index is 12.8. The van der Waals surface area contributed by atoms with Gasteiger partial charge < -0.3 is 9.47 Å². The monoisotopic (exact) mass is 319 g/mol. The van der Waals surface area contributed by atoms with Crippen molar-refractivity contribution < 1.29 is 17.9 Å². The molecule has 0 N–H and O–H groups in total. The second kappa shape index (κ2) is 5.98. The summed E-state index contributed by atoms with van der Waals surface area (Å²) >= 11 is 0. The molecular weight excluding hydrogens is 302 g/mol. The van der Waals surface area contributed by atoms with Crippen LogP contribution in [-0.4, -0.2) is 34.8 Å². The van der Waals surface area contributed by atoms with Crippen molar-refractivity contribution in [1.82, 2.24) is 0 Å². The van der Waals surface area contributed by atoms with Crippen LogP contribution in [0.1, 0.15) is 0 Å². The Kier molecular flexibility index (Phi) is 4.04. The number of para-hydroxylation sites is 2. The Hall–Kier alpha value is -2.05. The molecule has 0 amide bonds. The third kappa shape index (κ3) is 3.08. The van der Waals surface area contributed by atoms with E-state index in [1.807, 2.05) is 6.07 Å². The van der Waals surface area contributed by atoms with Gasteiger partial charge in [-0.15, -0.1) is 0 Å². The molecule has 1 aliphatic rings. The van der Waals surface area contributed by atoms with Gasteiger partial charge in [0, 0.05) is 7.05 Å². The van der Waals surface area contributed by atoms with Crippen LogP contribution in [0, 0.1) is 0 Å². The SMILES string of the molecule is CN(c1ccccc1)S(=O)(=O)c1ccccc1OCC1CO1. The Labute approximate surface area is 130 Å². The molecule has 3 rings (SSSR count). The second-order valence-electron chi connectivity index (χ2n) is 5.02. The lowest BCUT2D eigenvalue weighted by Crippen LogP contribution is -2.27. The van der Waals surface area contributed by atoms with Gasteiger partial charge in [0.15, 0.2) is 0 Å². The minimum atomic E-state index is -3.68. The van der Waals surface area contributed by atoms with E-state index < -0.39 is 10.0 Å². The molecule has 1 fully saturated rings. The van der Waals surface area contributed by atoms with Crippen LogP contribution < -0.4 is 9.04 Å². The standard InChI is InChI=1S/C16H17NO4S/c1-17(13-7-3-2-4-8-13)22(18,19)16-10-6-5-9-15(16)21-12-14-11-20-14/h2-10,14H,11-12H2,1H3. The van der Waals surface area contributed by atoms with Crippen molar-refractivity contribution in [2.24, 2.45) is 0 Å². The summed E-state index contributed by atoms with van der Waals surface area (Å²) < 4.78 is 37.6. The van der Waals surface area contributed by atoms with E-state index >= 15 is 0 Å². The normalized spacial score (nSPS) is 17.0. The molecule has 116 valence electrons. The van der Waals surface area contributed by atoms with Crippen molar-refractivity contribution in [3.05, 3.63) is 54.6 Å². The molecule has 1 heterocycles. The van der Waals surface area contributed by atoms with Gasteiger partial charge in [-0.3, -0.25) is 4.31 Å². The molecule has 0 saturated carbocycles.